The molecule has 0 fully saturated rings. The van der Waals surface area contributed by atoms with Crippen molar-refractivity contribution in [3.8, 4) is 0 Å². The molecule has 2 rings (SSSR count). The van der Waals surface area contributed by atoms with Crippen LogP contribution < -0.4 is 5.32 Å². The molecule has 0 aromatic carbocycles. The van der Waals surface area contributed by atoms with Gasteiger partial charge >= 0.3 is 0 Å². The number of aryl methyl sites for hydroxylation is 1. The van der Waals surface area contributed by atoms with E-state index in [1.54, 1.807) is 0 Å². The average Bonchev–Trinajstić information content (AvgIpc) is 2.65. The van der Waals surface area contributed by atoms with E-state index >= 15 is 0 Å². The van der Waals surface area contributed by atoms with E-state index in [-0.39, 0.29) is 0 Å². The summed E-state index contributed by atoms with van der Waals surface area (Å²) in [6.07, 6.45) is 5.75. The summed E-state index contributed by atoms with van der Waals surface area (Å²) in [5.41, 5.74) is 2.99. The first kappa shape index (κ1) is 10.8. The standard InChI is InChI=1S/C12H16N4/c1-4-9(2)13-6-11-7-14-12-5-10(3)15-16(12)8-11/h4-5,7-9,13H,1,6H2,2-3H3. The Bertz CT molecular complexity index is 501. The molecule has 2 aromatic rings. The zero-order chi connectivity index (χ0) is 11.5. The van der Waals surface area contributed by atoms with Gasteiger partial charge in [-0.3, -0.25) is 0 Å². The van der Waals surface area contributed by atoms with E-state index < -0.39 is 0 Å². The molecule has 1 atom stereocenters. The van der Waals surface area contributed by atoms with E-state index in [0.29, 0.717) is 6.04 Å². The Labute approximate surface area is 95.0 Å². The lowest BCUT2D eigenvalue weighted by Crippen LogP contribution is -2.23. The molecule has 0 radical (unpaired) electrons. The number of nitrogens with zero attached hydrogens (tertiary/aromatic N) is 3. The van der Waals surface area contributed by atoms with Gasteiger partial charge in [0.1, 0.15) is 0 Å². The summed E-state index contributed by atoms with van der Waals surface area (Å²) in [6, 6.07) is 2.26. The van der Waals surface area contributed by atoms with Crippen LogP contribution >= 0.6 is 0 Å². The Morgan fingerprint density at radius 2 is 2.44 bits per heavy atom. The van der Waals surface area contributed by atoms with Gasteiger partial charge in [0.25, 0.3) is 0 Å². The van der Waals surface area contributed by atoms with Gasteiger partial charge in [-0.15, -0.1) is 6.58 Å². The van der Waals surface area contributed by atoms with E-state index in [0.717, 1.165) is 23.4 Å². The van der Waals surface area contributed by atoms with E-state index in [2.05, 4.69) is 28.9 Å². The topological polar surface area (TPSA) is 42.2 Å². The molecule has 0 spiro atoms. The Morgan fingerprint density at radius 3 is 3.19 bits per heavy atom. The van der Waals surface area contributed by atoms with E-state index in [9.17, 15) is 0 Å². The number of fused-ring (bicyclic) bond motifs is 1. The van der Waals surface area contributed by atoms with Gasteiger partial charge < -0.3 is 5.32 Å². The molecule has 0 saturated heterocycles. The fraction of sp³-hybridized carbons (Fsp3) is 0.333. The van der Waals surface area contributed by atoms with Crippen LogP contribution in [-0.4, -0.2) is 20.6 Å². The normalized spacial score (nSPS) is 12.9. The number of hydrogen-bond acceptors (Lipinski definition) is 3. The lowest BCUT2D eigenvalue weighted by molar-refractivity contribution is 0.629. The predicted octanol–water partition coefficient (Wildman–Crippen LogP) is 1.70. The quantitative estimate of drug-likeness (QED) is 0.791. The first-order valence-corrected chi connectivity index (χ1v) is 5.36. The Kier molecular flexibility index (Phi) is 3.01. The summed E-state index contributed by atoms with van der Waals surface area (Å²) in [5.74, 6) is 0. The minimum Gasteiger partial charge on any atom is -0.307 e. The van der Waals surface area contributed by atoms with E-state index in [4.69, 9.17) is 0 Å². The minimum atomic E-state index is 0.301. The van der Waals surface area contributed by atoms with Gasteiger partial charge in [0.05, 0.1) is 5.69 Å². The van der Waals surface area contributed by atoms with Crippen LogP contribution in [0.15, 0.2) is 31.1 Å². The van der Waals surface area contributed by atoms with Crippen LogP contribution in [0.25, 0.3) is 5.65 Å². The van der Waals surface area contributed by atoms with E-state index in [1.807, 2.05) is 36.0 Å². The predicted molar refractivity (Wildman–Crippen MR) is 64.2 cm³/mol. The summed E-state index contributed by atoms with van der Waals surface area (Å²) >= 11 is 0. The van der Waals surface area contributed by atoms with Gasteiger partial charge in [-0.25, -0.2) is 9.50 Å². The van der Waals surface area contributed by atoms with Gasteiger partial charge in [-0.1, -0.05) is 6.08 Å². The monoisotopic (exact) mass is 216 g/mol. The maximum Gasteiger partial charge on any atom is 0.155 e. The first-order valence-electron chi connectivity index (χ1n) is 5.36. The van der Waals surface area contributed by atoms with Crippen LogP contribution in [0.4, 0.5) is 0 Å². The highest BCUT2D eigenvalue weighted by atomic mass is 15.2. The lowest BCUT2D eigenvalue weighted by Gasteiger charge is -2.08. The maximum absolute atomic E-state index is 4.34. The molecule has 2 aromatic heterocycles. The Balaban J connectivity index is 2.16. The fourth-order valence-electron chi connectivity index (χ4n) is 1.49. The summed E-state index contributed by atoms with van der Waals surface area (Å²) in [5, 5.41) is 7.65. The first-order chi connectivity index (χ1) is 7.69. The maximum atomic E-state index is 4.34. The lowest BCUT2D eigenvalue weighted by atomic mass is 10.3. The number of hydrogen-bond donors (Lipinski definition) is 1. The third kappa shape index (κ3) is 2.28. The summed E-state index contributed by atoms with van der Waals surface area (Å²) in [6.45, 7) is 8.53. The molecule has 4 nitrogen and oxygen atoms in total. The van der Waals surface area contributed by atoms with Crippen LogP contribution in [0.1, 0.15) is 18.2 Å². The molecule has 0 aliphatic heterocycles. The SMILES string of the molecule is C=CC(C)NCc1cnc2cc(C)nn2c1. The zero-order valence-electron chi connectivity index (χ0n) is 9.64. The highest BCUT2D eigenvalue weighted by Crippen LogP contribution is 2.04. The minimum absolute atomic E-state index is 0.301. The number of aromatic nitrogens is 3. The molecular formula is C12H16N4. The van der Waals surface area contributed by atoms with Crippen LogP contribution in [-0.2, 0) is 6.54 Å². The molecule has 0 amide bonds. The molecule has 1 unspecified atom stereocenters. The molecule has 16 heavy (non-hydrogen) atoms. The second kappa shape index (κ2) is 4.45. The molecule has 0 aliphatic carbocycles. The second-order valence-corrected chi connectivity index (χ2v) is 3.96. The molecule has 0 saturated carbocycles. The molecular weight excluding hydrogens is 200 g/mol. The van der Waals surface area contributed by atoms with Crippen molar-refractivity contribution in [3.63, 3.8) is 0 Å². The highest BCUT2D eigenvalue weighted by molar-refractivity contribution is 5.38. The average molecular weight is 216 g/mol. The Hall–Kier alpha value is -1.68. The largest absolute Gasteiger partial charge is 0.307 e. The molecule has 84 valence electrons. The van der Waals surface area contributed by atoms with Crippen molar-refractivity contribution in [1.29, 1.82) is 0 Å². The smallest absolute Gasteiger partial charge is 0.155 e. The van der Waals surface area contributed by atoms with Gasteiger partial charge in [0.2, 0.25) is 0 Å². The van der Waals surface area contributed by atoms with Crippen molar-refractivity contribution in [2.45, 2.75) is 26.4 Å². The highest BCUT2D eigenvalue weighted by Gasteiger charge is 2.01. The van der Waals surface area contributed by atoms with Crippen LogP contribution in [0, 0.1) is 6.92 Å². The summed E-state index contributed by atoms with van der Waals surface area (Å²) in [4.78, 5) is 4.34. The number of rotatable bonds is 4. The van der Waals surface area contributed by atoms with Crippen LogP contribution in [0.5, 0.6) is 0 Å². The van der Waals surface area contributed by atoms with E-state index in [1.165, 1.54) is 0 Å². The molecule has 0 bridgehead atoms. The number of nitrogens with one attached hydrogen (secondary N) is 1. The van der Waals surface area contributed by atoms with Crippen molar-refractivity contribution in [2.75, 3.05) is 0 Å². The Morgan fingerprint density at radius 1 is 1.62 bits per heavy atom. The van der Waals surface area contributed by atoms with Crippen molar-refractivity contribution in [1.82, 2.24) is 19.9 Å². The van der Waals surface area contributed by atoms with Crippen LogP contribution in [0.3, 0.4) is 0 Å². The molecule has 4 heteroatoms. The fourth-order valence-corrected chi connectivity index (χ4v) is 1.49. The van der Waals surface area contributed by atoms with Gasteiger partial charge in [-0.2, -0.15) is 5.10 Å². The third-order valence-electron chi connectivity index (χ3n) is 2.47. The van der Waals surface area contributed by atoms with Crippen molar-refractivity contribution in [3.05, 3.63) is 42.4 Å². The van der Waals surface area contributed by atoms with Gasteiger partial charge in [0.15, 0.2) is 5.65 Å². The third-order valence-corrected chi connectivity index (χ3v) is 2.47. The van der Waals surface area contributed by atoms with Crippen molar-refractivity contribution < 1.29 is 0 Å². The second-order valence-electron chi connectivity index (χ2n) is 3.96. The molecule has 0 aliphatic rings. The molecule has 2 heterocycles. The van der Waals surface area contributed by atoms with Crippen molar-refractivity contribution in [2.24, 2.45) is 0 Å². The zero-order valence-corrected chi connectivity index (χ0v) is 9.64. The summed E-state index contributed by atoms with van der Waals surface area (Å²) in [7, 11) is 0. The molecule has 1 N–H and O–H groups in total. The summed E-state index contributed by atoms with van der Waals surface area (Å²) < 4.78 is 1.81. The van der Waals surface area contributed by atoms with Crippen molar-refractivity contribution >= 4 is 5.65 Å². The van der Waals surface area contributed by atoms with Gasteiger partial charge in [0, 0.05) is 36.6 Å². The van der Waals surface area contributed by atoms with Gasteiger partial charge in [-0.05, 0) is 13.8 Å². The van der Waals surface area contributed by atoms with Crippen LogP contribution in [0.2, 0.25) is 0 Å².